The van der Waals surface area contributed by atoms with Crippen LogP contribution < -0.4 is 10.1 Å². The maximum Gasteiger partial charge on any atom is 0.163 e. The molecule has 5 rings (SSSR count). The van der Waals surface area contributed by atoms with Crippen LogP contribution in [0.15, 0.2) is 60.1 Å². The quantitative estimate of drug-likeness (QED) is 0.700. The van der Waals surface area contributed by atoms with E-state index >= 15 is 0 Å². The Hall–Kier alpha value is -3.41. The number of allylic oxidation sites excluding steroid dienone is 2. The van der Waals surface area contributed by atoms with E-state index in [1.165, 1.54) is 0 Å². The van der Waals surface area contributed by atoms with Gasteiger partial charge in [0.25, 0.3) is 0 Å². The van der Waals surface area contributed by atoms with E-state index in [1.807, 2.05) is 54.2 Å². The molecule has 0 amide bonds. The van der Waals surface area contributed by atoms with Crippen molar-refractivity contribution in [3.63, 3.8) is 0 Å². The first kappa shape index (κ1) is 18.6. The third kappa shape index (κ3) is 2.91. The van der Waals surface area contributed by atoms with E-state index in [0.29, 0.717) is 12.3 Å². The monoisotopic (exact) mass is 400 g/mol. The van der Waals surface area contributed by atoms with Gasteiger partial charge in [0, 0.05) is 35.6 Å². The summed E-state index contributed by atoms with van der Waals surface area (Å²) in [5.41, 5.74) is 5.82. The summed E-state index contributed by atoms with van der Waals surface area (Å²) in [6.45, 7) is 4.14. The zero-order chi connectivity index (χ0) is 20.8. The lowest BCUT2D eigenvalue weighted by Crippen LogP contribution is -2.33. The highest BCUT2D eigenvalue weighted by Crippen LogP contribution is 2.45. The van der Waals surface area contributed by atoms with Crippen molar-refractivity contribution in [1.82, 2.24) is 14.8 Å². The van der Waals surface area contributed by atoms with Crippen molar-refractivity contribution in [3.05, 3.63) is 71.3 Å². The molecule has 0 unspecified atom stereocenters. The van der Waals surface area contributed by atoms with E-state index in [9.17, 15) is 4.79 Å². The summed E-state index contributed by atoms with van der Waals surface area (Å²) in [6, 6.07) is 11.7. The summed E-state index contributed by atoms with van der Waals surface area (Å²) in [5, 5.41) is 8.46. The number of nitrogens with zero attached hydrogens (tertiary/aromatic N) is 3. The van der Waals surface area contributed by atoms with E-state index < -0.39 is 0 Å². The van der Waals surface area contributed by atoms with Gasteiger partial charge in [-0.15, -0.1) is 0 Å². The normalized spacial score (nSPS) is 20.4. The van der Waals surface area contributed by atoms with Crippen LogP contribution in [0, 0.1) is 12.8 Å². The van der Waals surface area contributed by atoms with Gasteiger partial charge in [-0.1, -0.05) is 25.1 Å². The highest BCUT2D eigenvalue weighted by molar-refractivity contribution is 6.00. The predicted octanol–water partition coefficient (Wildman–Crippen LogP) is 4.53. The number of aromatic nitrogens is 3. The maximum atomic E-state index is 13.1. The van der Waals surface area contributed by atoms with Crippen molar-refractivity contribution in [2.75, 3.05) is 12.4 Å². The molecule has 2 atom stereocenters. The number of carbonyl (C=O) groups excluding carboxylic acids is 1. The molecule has 6 nitrogen and oxygen atoms in total. The number of anilines is 1. The number of methoxy groups -OCH3 is 1. The van der Waals surface area contributed by atoms with Gasteiger partial charge in [0.2, 0.25) is 0 Å². The van der Waals surface area contributed by atoms with Gasteiger partial charge >= 0.3 is 0 Å². The average molecular weight is 400 g/mol. The summed E-state index contributed by atoms with van der Waals surface area (Å²) < 4.78 is 7.27. The number of pyridine rings is 1. The molecule has 6 heteroatoms. The second-order valence-electron chi connectivity index (χ2n) is 8.12. The third-order valence-corrected chi connectivity index (χ3v) is 5.96. The summed E-state index contributed by atoms with van der Waals surface area (Å²) in [6.07, 6.45) is 5.00. The SMILES string of the molecule is COc1ccc(-c2c(C)nn3c2NC2=C(C(=O)C[C@H](C)C2)[C@@H]3c2cccnc2)cc1. The number of fused-ring (bicyclic) bond motifs is 1. The van der Waals surface area contributed by atoms with Crippen molar-refractivity contribution in [3.8, 4) is 16.9 Å². The minimum absolute atomic E-state index is 0.190. The maximum absolute atomic E-state index is 13.1. The van der Waals surface area contributed by atoms with Crippen LogP contribution in [0.3, 0.4) is 0 Å². The lowest BCUT2D eigenvalue weighted by atomic mass is 9.81. The number of benzene rings is 1. The second-order valence-corrected chi connectivity index (χ2v) is 8.12. The van der Waals surface area contributed by atoms with Gasteiger partial charge in [-0.2, -0.15) is 5.10 Å². The van der Waals surface area contributed by atoms with Crippen LogP contribution in [0.2, 0.25) is 0 Å². The number of nitrogens with one attached hydrogen (secondary N) is 1. The molecule has 0 saturated carbocycles. The van der Waals surface area contributed by atoms with Crippen LogP contribution in [-0.2, 0) is 4.79 Å². The highest BCUT2D eigenvalue weighted by atomic mass is 16.5. The average Bonchev–Trinajstić information content (AvgIpc) is 3.08. The van der Waals surface area contributed by atoms with Crippen LogP contribution >= 0.6 is 0 Å². The third-order valence-electron chi connectivity index (χ3n) is 5.96. The first-order chi connectivity index (χ1) is 14.6. The van der Waals surface area contributed by atoms with Gasteiger partial charge in [-0.3, -0.25) is 9.78 Å². The Labute approximate surface area is 175 Å². The van der Waals surface area contributed by atoms with Crippen molar-refractivity contribution in [2.24, 2.45) is 5.92 Å². The Morgan fingerprint density at radius 2 is 1.97 bits per heavy atom. The van der Waals surface area contributed by atoms with Crippen LogP contribution in [0.25, 0.3) is 11.1 Å². The van der Waals surface area contributed by atoms with Crippen molar-refractivity contribution >= 4 is 11.6 Å². The van der Waals surface area contributed by atoms with Gasteiger partial charge < -0.3 is 10.1 Å². The summed E-state index contributed by atoms with van der Waals surface area (Å²) in [7, 11) is 1.66. The van der Waals surface area contributed by atoms with E-state index in [2.05, 4.69) is 17.2 Å². The molecular weight excluding hydrogens is 376 g/mol. The number of hydrogen-bond acceptors (Lipinski definition) is 5. The van der Waals surface area contributed by atoms with E-state index in [-0.39, 0.29) is 11.8 Å². The molecule has 1 N–H and O–H groups in total. The molecule has 0 fully saturated rings. The number of ether oxygens (including phenoxy) is 1. The molecule has 2 aliphatic rings. The first-order valence-corrected chi connectivity index (χ1v) is 10.2. The fraction of sp³-hybridized carbons (Fsp3) is 0.292. The van der Waals surface area contributed by atoms with E-state index in [4.69, 9.17) is 9.84 Å². The van der Waals surface area contributed by atoms with E-state index in [0.717, 1.165) is 51.6 Å². The number of rotatable bonds is 3. The van der Waals surface area contributed by atoms with E-state index in [1.54, 1.807) is 13.3 Å². The predicted molar refractivity (Wildman–Crippen MR) is 115 cm³/mol. The molecule has 152 valence electrons. The summed E-state index contributed by atoms with van der Waals surface area (Å²) >= 11 is 0. The van der Waals surface area contributed by atoms with Gasteiger partial charge in [0.15, 0.2) is 5.78 Å². The van der Waals surface area contributed by atoms with Gasteiger partial charge in [-0.25, -0.2) is 4.68 Å². The standard InChI is InChI=1S/C24H24N4O2/c1-14-11-19-22(20(29)12-14)23(17-5-4-10-25-13-17)28-24(26-19)21(15(2)27-28)16-6-8-18(30-3)9-7-16/h4-10,13-14,23,26H,11-12H2,1-3H3/t14-,23+/m1/s1. The smallest absolute Gasteiger partial charge is 0.163 e. The molecule has 1 aromatic carbocycles. The molecule has 0 spiro atoms. The van der Waals surface area contributed by atoms with Gasteiger partial charge in [0.05, 0.1) is 12.8 Å². The van der Waals surface area contributed by atoms with Crippen molar-refractivity contribution < 1.29 is 9.53 Å². The second kappa shape index (κ2) is 7.13. The molecule has 1 aliphatic heterocycles. The van der Waals surface area contributed by atoms with Gasteiger partial charge in [0.1, 0.15) is 17.6 Å². The molecule has 30 heavy (non-hydrogen) atoms. The zero-order valence-corrected chi connectivity index (χ0v) is 17.3. The Bertz CT molecular complexity index is 1150. The highest BCUT2D eigenvalue weighted by Gasteiger charge is 2.39. The Balaban J connectivity index is 1.71. The number of aryl methyl sites for hydroxylation is 1. The molecule has 0 bridgehead atoms. The topological polar surface area (TPSA) is 69.0 Å². The molecule has 3 aromatic rings. The Morgan fingerprint density at radius 1 is 1.17 bits per heavy atom. The summed E-state index contributed by atoms with van der Waals surface area (Å²) in [5.74, 6) is 2.25. The minimum Gasteiger partial charge on any atom is -0.497 e. The molecule has 0 saturated heterocycles. The van der Waals surface area contributed by atoms with Crippen LogP contribution in [0.4, 0.5) is 5.82 Å². The number of carbonyl (C=O) groups is 1. The minimum atomic E-state index is -0.268. The van der Waals surface area contributed by atoms with Crippen LogP contribution in [0.5, 0.6) is 5.75 Å². The van der Waals surface area contributed by atoms with Crippen LogP contribution in [0.1, 0.15) is 37.1 Å². The van der Waals surface area contributed by atoms with Crippen molar-refractivity contribution in [1.29, 1.82) is 0 Å². The Kier molecular flexibility index (Phi) is 4.42. The number of ketones is 1. The van der Waals surface area contributed by atoms with Crippen LogP contribution in [-0.4, -0.2) is 27.7 Å². The van der Waals surface area contributed by atoms with Gasteiger partial charge in [-0.05, 0) is 48.6 Å². The molecule has 2 aromatic heterocycles. The lowest BCUT2D eigenvalue weighted by molar-refractivity contribution is -0.117. The zero-order valence-electron chi connectivity index (χ0n) is 17.3. The first-order valence-electron chi connectivity index (χ1n) is 10.2. The number of hydrogen-bond donors (Lipinski definition) is 1. The number of Topliss-reactive ketones (excluding diaryl/α,β-unsaturated/α-hetero) is 1. The molecular formula is C24H24N4O2. The summed E-state index contributed by atoms with van der Waals surface area (Å²) in [4.78, 5) is 17.4. The van der Waals surface area contributed by atoms with Crippen molar-refractivity contribution in [2.45, 2.75) is 32.7 Å². The Morgan fingerprint density at radius 3 is 2.67 bits per heavy atom. The fourth-order valence-corrected chi connectivity index (χ4v) is 4.63. The molecule has 3 heterocycles. The molecule has 0 radical (unpaired) electrons. The lowest BCUT2D eigenvalue weighted by Gasteiger charge is -2.35. The molecule has 1 aliphatic carbocycles. The largest absolute Gasteiger partial charge is 0.497 e. The fourth-order valence-electron chi connectivity index (χ4n) is 4.63.